The SMILES string of the molecule is O=C(c1cc(-c2cccs2)nc2ccccc12)N(Cc1nc2ccccc2c(=O)[nH]1)C[C@H]1CCCO1. The topological polar surface area (TPSA) is 88.2 Å². The Kier molecular flexibility index (Phi) is 6.04. The maximum absolute atomic E-state index is 14.1. The van der Waals surface area contributed by atoms with Crippen molar-refractivity contribution in [2.24, 2.45) is 0 Å². The summed E-state index contributed by atoms with van der Waals surface area (Å²) in [4.78, 5) is 41.9. The number of thiophene rings is 1. The number of H-pyrrole nitrogens is 1. The lowest BCUT2D eigenvalue weighted by Crippen LogP contribution is -2.38. The van der Waals surface area contributed by atoms with E-state index in [1.54, 1.807) is 22.3 Å². The molecule has 0 radical (unpaired) electrons. The molecule has 1 N–H and O–H groups in total. The maximum Gasteiger partial charge on any atom is 0.258 e. The number of aromatic amines is 1. The Morgan fingerprint density at radius 1 is 1.03 bits per heavy atom. The summed E-state index contributed by atoms with van der Waals surface area (Å²) in [5.74, 6) is 0.305. The number of amides is 1. The van der Waals surface area contributed by atoms with Gasteiger partial charge in [-0.25, -0.2) is 9.97 Å². The van der Waals surface area contributed by atoms with Crippen LogP contribution in [0.1, 0.15) is 29.0 Å². The van der Waals surface area contributed by atoms with Crippen LogP contribution in [0.2, 0.25) is 0 Å². The maximum atomic E-state index is 14.1. The lowest BCUT2D eigenvalue weighted by atomic mass is 10.0. The molecule has 0 saturated carbocycles. The van der Waals surface area contributed by atoms with Crippen LogP contribution in [0, 0.1) is 0 Å². The fourth-order valence-corrected chi connectivity index (χ4v) is 5.40. The molecule has 1 aliphatic heterocycles. The average Bonchev–Trinajstić information content (AvgIpc) is 3.62. The summed E-state index contributed by atoms with van der Waals surface area (Å²) < 4.78 is 5.87. The first-order valence-corrected chi connectivity index (χ1v) is 12.9. The first-order chi connectivity index (χ1) is 17.7. The molecule has 0 aliphatic carbocycles. The van der Waals surface area contributed by atoms with E-state index in [0.29, 0.717) is 35.4 Å². The van der Waals surface area contributed by atoms with E-state index in [-0.39, 0.29) is 24.1 Å². The minimum Gasteiger partial charge on any atom is -0.376 e. The number of carbonyl (C=O) groups is 1. The van der Waals surface area contributed by atoms with E-state index in [0.717, 1.165) is 34.3 Å². The Hall–Kier alpha value is -3.88. The molecule has 1 atom stereocenters. The molecule has 180 valence electrons. The van der Waals surface area contributed by atoms with E-state index in [1.165, 1.54) is 0 Å². The Bertz CT molecular complexity index is 1610. The predicted octanol–water partition coefficient (Wildman–Crippen LogP) is 5.02. The van der Waals surface area contributed by atoms with Crippen LogP contribution in [0.4, 0.5) is 0 Å². The Labute approximate surface area is 211 Å². The van der Waals surface area contributed by atoms with Gasteiger partial charge in [0, 0.05) is 18.5 Å². The van der Waals surface area contributed by atoms with Gasteiger partial charge in [0.25, 0.3) is 11.5 Å². The number of pyridine rings is 1. The van der Waals surface area contributed by atoms with Crippen LogP contribution in [0.25, 0.3) is 32.4 Å². The van der Waals surface area contributed by atoms with Gasteiger partial charge in [-0.3, -0.25) is 9.59 Å². The van der Waals surface area contributed by atoms with Gasteiger partial charge in [-0.05, 0) is 48.6 Å². The molecule has 5 aromatic rings. The van der Waals surface area contributed by atoms with Crippen molar-refractivity contribution < 1.29 is 9.53 Å². The van der Waals surface area contributed by atoms with Crippen molar-refractivity contribution in [3.8, 4) is 10.6 Å². The number of para-hydroxylation sites is 2. The minimum absolute atomic E-state index is 0.0500. The largest absolute Gasteiger partial charge is 0.376 e. The van der Waals surface area contributed by atoms with Crippen LogP contribution < -0.4 is 5.56 Å². The zero-order valence-electron chi connectivity index (χ0n) is 19.5. The van der Waals surface area contributed by atoms with Crippen LogP contribution in [-0.2, 0) is 11.3 Å². The molecule has 2 aromatic carbocycles. The highest BCUT2D eigenvalue weighted by molar-refractivity contribution is 7.13. The molecule has 1 aliphatic rings. The van der Waals surface area contributed by atoms with Crippen LogP contribution in [0.3, 0.4) is 0 Å². The van der Waals surface area contributed by atoms with Crippen molar-refractivity contribution in [2.75, 3.05) is 13.2 Å². The van der Waals surface area contributed by atoms with E-state index in [9.17, 15) is 9.59 Å². The summed E-state index contributed by atoms with van der Waals surface area (Å²) in [5.41, 5.74) is 2.50. The molecular weight excluding hydrogens is 472 g/mol. The molecule has 0 spiro atoms. The summed E-state index contributed by atoms with van der Waals surface area (Å²) in [6, 6.07) is 20.8. The zero-order chi connectivity index (χ0) is 24.5. The third-order valence-corrected chi connectivity index (χ3v) is 7.35. The second-order valence-electron chi connectivity index (χ2n) is 8.90. The van der Waals surface area contributed by atoms with Crippen molar-refractivity contribution in [1.29, 1.82) is 0 Å². The Balaban J connectivity index is 1.43. The summed E-state index contributed by atoms with van der Waals surface area (Å²) in [6.07, 6.45) is 1.81. The number of hydrogen-bond acceptors (Lipinski definition) is 6. The molecule has 8 heteroatoms. The first-order valence-electron chi connectivity index (χ1n) is 12.0. The molecule has 7 nitrogen and oxygen atoms in total. The van der Waals surface area contributed by atoms with Crippen LogP contribution in [0.15, 0.2) is 76.9 Å². The van der Waals surface area contributed by atoms with Gasteiger partial charge in [0.1, 0.15) is 5.82 Å². The highest BCUT2D eigenvalue weighted by Gasteiger charge is 2.26. The quantitative estimate of drug-likeness (QED) is 0.357. The molecule has 1 amide bonds. The molecular formula is C28H24N4O3S. The van der Waals surface area contributed by atoms with Crippen LogP contribution >= 0.6 is 11.3 Å². The standard InChI is InChI=1S/C28H24N4O3S/c33-27-20-9-2-4-11-23(20)30-26(31-27)17-32(16-18-7-5-13-35-18)28(34)21-15-24(25-12-6-14-36-25)29-22-10-3-1-8-19(21)22/h1-4,6,8-12,14-15,18H,5,7,13,16-17H2,(H,30,31,33)/t18-/m1/s1. The van der Waals surface area contributed by atoms with E-state index in [1.807, 2.05) is 66.0 Å². The monoisotopic (exact) mass is 496 g/mol. The second kappa shape index (κ2) is 9.64. The minimum atomic E-state index is -0.213. The van der Waals surface area contributed by atoms with Crippen molar-refractivity contribution in [3.63, 3.8) is 0 Å². The molecule has 3 aromatic heterocycles. The molecule has 36 heavy (non-hydrogen) atoms. The summed E-state index contributed by atoms with van der Waals surface area (Å²) >= 11 is 1.59. The fraction of sp³-hybridized carbons (Fsp3) is 0.214. The number of aromatic nitrogens is 3. The number of benzene rings is 2. The highest BCUT2D eigenvalue weighted by atomic mass is 32.1. The van der Waals surface area contributed by atoms with Gasteiger partial charge in [-0.15, -0.1) is 11.3 Å². The van der Waals surface area contributed by atoms with E-state index >= 15 is 0 Å². The van der Waals surface area contributed by atoms with Gasteiger partial charge in [-0.1, -0.05) is 36.4 Å². The Morgan fingerprint density at radius 3 is 2.56 bits per heavy atom. The van der Waals surface area contributed by atoms with Gasteiger partial charge in [0.15, 0.2) is 0 Å². The predicted molar refractivity (Wildman–Crippen MR) is 141 cm³/mol. The molecule has 1 fully saturated rings. The first kappa shape index (κ1) is 22.6. The zero-order valence-corrected chi connectivity index (χ0v) is 20.3. The van der Waals surface area contributed by atoms with Gasteiger partial charge in [0.05, 0.1) is 45.2 Å². The number of nitrogens with zero attached hydrogens (tertiary/aromatic N) is 3. The number of fused-ring (bicyclic) bond motifs is 2. The number of nitrogens with one attached hydrogen (secondary N) is 1. The summed E-state index contributed by atoms with van der Waals surface area (Å²) in [5, 5.41) is 3.32. The van der Waals surface area contributed by atoms with Gasteiger partial charge in [-0.2, -0.15) is 0 Å². The molecule has 4 heterocycles. The third-order valence-electron chi connectivity index (χ3n) is 6.46. The highest BCUT2D eigenvalue weighted by Crippen LogP contribution is 2.29. The molecule has 1 saturated heterocycles. The number of ether oxygens (including phenoxy) is 1. The normalized spacial score (nSPS) is 15.5. The number of carbonyl (C=O) groups excluding carboxylic acids is 1. The molecule has 6 rings (SSSR count). The second-order valence-corrected chi connectivity index (χ2v) is 9.85. The molecule has 0 unspecified atom stereocenters. The number of rotatable bonds is 6. The lowest BCUT2D eigenvalue weighted by Gasteiger charge is -2.26. The van der Waals surface area contributed by atoms with Gasteiger partial charge in [0.2, 0.25) is 0 Å². The summed E-state index contributed by atoms with van der Waals surface area (Å²) in [6.45, 7) is 1.28. The third kappa shape index (κ3) is 4.41. The van der Waals surface area contributed by atoms with Gasteiger partial charge >= 0.3 is 0 Å². The van der Waals surface area contributed by atoms with Crippen LogP contribution in [0.5, 0.6) is 0 Å². The number of hydrogen-bond donors (Lipinski definition) is 1. The van der Waals surface area contributed by atoms with Crippen molar-refractivity contribution in [2.45, 2.75) is 25.5 Å². The van der Waals surface area contributed by atoms with Crippen molar-refractivity contribution in [3.05, 3.63) is 93.9 Å². The van der Waals surface area contributed by atoms with Crippen molar-refractivity contribution >= 4 is 39.0 Å². The summed E-state index contributed by atoms with van der Waals surface area (Å²) in [7, 11) is 0. The van der Waals surface area contributed by atoms with E-state index in [2.05, 4.69) is 9.97 Å². The lowest BCUT2D eigenvalue weighted by molar-refractivity contribution is 0.0502. The van der Waals surface area contributed by atoms with Crippen LogP contribution in [-0.4, -0.2) is 45.0 Å². The van der Waals surface area contributed by atoms with Gasteiger partial charge < -0.3 is 14.6 Å². The smallest absolute Gasteiger partial charge is 0.258 e. The molecule has 0 bridgehead atoms. The van der Waals surface area contributed by atoms with E-state index in [4.69, 9.17) is 9.72 Å². The Morgan fingerprint density at radius 2 is 1.81 bits per heavy atom. The van der Waals surface area contributed by atoms with E-state index < -0.39 is 0 Å². The van der Waals surface area contributed by atoms with Crippen molar-refractivity contribution in [1.82, 2.24) is 19.9 Å². The average molecular weight is 497 g/mol. The fourth-order valence-electron chi connectivity index (χ4n) is 4.72.